The smallest absolute Gasteiger partial charge is 0.422 e. The van der Waals surface area contributed by atoms with Crippen molar-refractivity contribution in [2.24, 2.45) is 0 Å². The van der Waals surface area contributed by atoms with Crippen LogP contribution in [0.25, 0.3) is 0 Å². The first-order valence-electron chi connectivity index (χ1n) is 6.32. The maximum atomic E-state index is 12.4. The van der Waals surface area contributed by atoms with E-state index in [4.69, 9.17) is 34.8 Å². The highest BCUT2D eigenvalue weighted by Crippen LogP contribution is 2.32. The Balaban J connectivity index is 2.36. The molecular formula is C13H8Cl3F3N2O3S. The summed E-state index contributed by atoms with van der Waals surface area (Å²) in [4.78, 5) is 3.18. The Bertz CT molecular complexity index is 892. The zero-order chi connectivity index (χ0) is 18.8. The highest BCUT2D eigenvalue weighted by Gasteiger charge is 2.29. The van der Waals surface area contributed by atoms with Crippen molar-refractivity contribution in [2.75, 3.05) is 11.3 Å². The molecule has 2 aromatic rings. The first-order valence-corrected chi connectivity index (χ1v) is 8.93. The van der Waals surface area contributed by atoms with Crippen LogP contribution in [0.3, 0.4) is 0 Å². The molecule has 2 rings (SSSR count). The molecule has 1 N–H and O–H groups in total. The minimum Gasteiger partial charge on any atom is -0.482 e. The van der Waals surface area contributed by atoms with E-state index in [0.29, 0.717) is 0 Å². The Labute approximate surface area is 155 Å². The summed E-state index contributed by atoms with van der Waals surface area (Å²) in [6.07, 6.45) is -4.60. The number of hydrogen-bond donors (Lipinski definition) is 1. The molecule has 0 aliphatic rings. The number of benzene rings is 1. The SMILES string of the molecule is O=S(=O)(Nc1cc(Cl)ccc1OCC(F)(F)F)c1ccc(Cl)nc1Cl. The summed E-state index contributed by atoms with van der Waals surface area (Å²) < 4.78 is 68.4. The van der Waals surface area contributed by atoms with Crippen LogP contribution >= 0.6 is 34.8 Å². The van der Waals surface area contributed by atoms with Crippen molar-refractivity contribution in [1.82, 2.24) is 4.98 Å². The number of nitrogens with zero attached hydrogens (tertiary/aromatic N) is 1. The number of hydrogen-bond acceptors (Lipinski definition) is 4. The van der Waals surface area contributed by atoms with E-state index >= 15 is 0 Å². The van der Waals surface area contributed by atoms with Gasteiger partial charge in [0.1, 0.15) is 15.8 Å². The maximum Gasteiger partial charge on any atom is 0.422 e. The van der Waals surface area contributed by atoms with Gasteiger partial charge < -0.3 is 4.74 Å². The molecule has 0 aliphatic heterocycles. The average Bonchev–Trinajstić information content (AvgIpc) is 2.44. The monoisotopic (exact) mass is 434 g/mol. The highest BCUT2D eigenvalue weighted by molar-refractivity contribution is 7.92. The number of anilines is 1. The number of sulfonamides is 1. The highest BCUT2D eigenvalue weighted by atomic mass is 35.5. The molecule has 136 valence electrons. The van der Waals surface area contributed by atoms with E-state index < -0.39 is 32.9 Å². The van der Waals surface area contributed by atoms with Gasteiger partial charge >= 0.3 is 6.18 Å². The molecule has 1 heterocycles. The summed E-state index contributed by atoms with van der Waals surface area (Å²) in [6, 6.07) is 5.75. The van der Waals surface area contributed by atoms with E-state index in [-0.39, 0.29) is 21.6 Å². The molecule has 5 nitrogen and oxygen atoms in total. The number of pyridine rings is 1. The Morgan fingerprint density at radius 2 is 1.80 bits per heavy atom. The Hall–Kier alpha value is -1.42. The molecule has 25 heavy (non-hydrogen) atoms. The number of nitrogens with one attached hydrogen (secondary N) is 1. The fraction of sp³-hybridized carbons (Fsp3) is 0.154. The lowest BCUT2D eigenvalue weighted by Crippen LogP contribution is -2.20. The van der Waals surface area contributed by atoms with E-state index in [9.17, 15) is 21.6 Å². The molecule has 12 heteroatoms. The summed E-state index contributed by atoms with van der Waals surface area (Å²) in [7, 11) is -4.28. The van der Waals surface area contributed by atoms with Crippen molar-refractivity contribution in [3.8, 4) is 5.75 Å². The van der Waals surface area contributed by atoms with Gasteiger partial charge in [-0.25, -0.2) is 13.4 Å². The van der Waals surface area contributed by atoms with E-state index in [1.807, 2.05) is 0 Å². The lowest BCUT2D eigenvalue weighted by molar-refractivity contribution is -0.153. The number of aromatic nitrogens is 1. The molecule has 1 aromatic carbocycles. The first kappa shape index (κ1) is 19.9. The van der Waals surface area contributed by atoms with Crippen LogP contribution in [0, 0.1) is 0 Å². The molecule has 0 amide bonds. The van der Waals surface area contributed by atoms with E-state index in [1.165, 1.54) is 12.1 Å². The predicted octanol–water partition coefficient (Wildman–Crippen LogP) is 4.78. The number of rotatable bonds is 5. The van der Waals surface area contributed by atoms with Crippen molar-refractivity contribution in [2.45, 2.75) is 11.1 Å². The summed E-state index contributed by atoms with van der Waals surface area (Å²) >= 11 is 17.1. The van der Waals surface area contributed by atoms with Crippen LogP contribution in [0.1, 0.15) is 0 Å². The third kappa shape index (κ3) is 5.53. The van der Waals surface area contributed by atoms with Gasteiger partial charge in [-0.2, -0.15) is 13.2 Å². The van der Waals surface area contributed by atoms with Crippen LogP contribution in [0.2, 0.25) is 15.3 Å². The van der Waals surface area contributed by atoms with Crippen molar-refractivity contribution >= 4 is 50.5 Å². The molecule has 0 spiro atoms. The fourth-order valence-electron chi connectivity index (χ4n) is 1.67. The van der Waals surface area contributed by atoms with Gasteiger partial charge in [0, 0.05) is 5.02 Å². The molecule has 0 aliphatic carbocycles. The average molecular weight is 436 g/mol. The normalized spacial score (nSPS) is 12.1. The first-order chi connectivity index (χ1) is 11.5. The fourth-order valence-corrected chi connectivity index (χ4v) is 3.56. The molecule has 0 bridgehead atoms. The summed E-state index contributed by atoms with van der Waals surface area (Å²) in [5, 5.41) is -0.349. The van der Waals surface area contributed by atoms with Gasteiger partial charge in [-0.3, -0.25) is 4.72 Å². The largest absolute Gasteiger partial charge is 0.482 e. The lowest BCUT2D eigenvalue weighted by Gasteiger charge is -2.15. The van der Waals surface area contributed by atoms with Gasteiger partial charge in [-0.1, -0.05) is 34.8 Å². The number of ether oxygens (including phenoxy) is 1. The van der Waals surface area contributed by atoms with Crippen LogP contribution in [-0.2, 0) is 10.0 Å². The third-order valence-electron chi connectivity index (χ3n) is 2.65. The molecule has 0 unspecified atom stereocenters. The predicted molar refractivity (Wildman–Crippen MR) is 88.1 cm³/mol. The Kier molecular flexibility index (Phi) is 5.93. The molecular weight excluding hydrogens is 428 g/mol. The minimum atomic E-state index is -4.60. The van der Waals surface area contributed by atoms with Crippen LogP contribution < -0.4 is 9.46 Å². The molecule has 0 saturated heterocycles. The van der Waals surface area contributed by atoms with Crippen LogP contribution in [0.15, 0.2) is 35.2 Å². The summed E-state index contributed by atoms with van der Waals surface area (Å²) in [5.74, 6) is -0.358. The van der Waals surface area contributed by atoms with Gasteiger partial charge in [0.2, 0.25) is 0 Å². The van der Waals surface area contributed by atoms with Crippen molar-refractivity contribution in [3.63, 3.8) is 0 Å². The molecule has 0 saturated carbocycles. The quantitative estimate of drug-likeness (QED) is 0.686. The van der Waals surface area contributed by atoms with Crippen molar-refractivity contribution in [3.05, 3.63) is 45.7 Å². The Morgan fingerprint density at radius 3 is 2.40 bits per heavy atom. The van der Waals surface area contributed by atoms with Gasteiger partial charge in [-0.05, 0) is 30.3 Å². The topological polar surface area (TPSA) is 68.3 Å². The van der Waals surface area contributed by atoms with E-state index in [1.54, 1.807) is 0 Å². The molecule has 0 atom stereocenters. The second-order valence-electron chi connectivity index (χ2n) is 4.57. The Morgan fingerprint density at radius 1 is 1.12 bits per heavy atom. The zero-order valence-corrected chi connectivity index (χ0v) is 15.0. The van der Waals surface area contributed by atoms with Crippen LogP contribution in [-0.4, -0.2) is 26.2 Å². The molecule has 0 radical (unpaired) electrons. The second-order valence-corrected chi connectivity index (χ2v) is 7.41. The van der Waals surface area contributed by atoms with Gasteiger partial charge in [0.05, 0.1) is 5.69 Å². The molecule has 0 fully saturated rings. The number of halogens is 6. The maximum absolute atomic E-state index is 12.4. The number of alkyl halides is 3. The van der Waals surface area contributed by atoms with Gasteiger partial charge in [0.15, 0.2) is 11.8 Å². The van der Waals surface area contributed by atoms with Crippen LogP contribution in [0.4, 0.5) is 18.9 Å². The van der Waals surface area contributed by atoms with Crippen LogP contribution in [0.5, 0.6) is 5.75 Å². The van der Waals surface area contributed by atoms with Gasteiger partial charge in [0.25, 0.3) is 10.0 Å². The summed E-state index contributed by atoms with van der Waals surface area (Å²) in [6.45, 7) is -1.60. The minimum absolute atomic E-state index is 0.0269. The van der Waals surface area contributed by atoms with E-state index in [0.717, 1.165) is 18.2 Å². The second kappa shape index (κ2) is 7.45. The third-order valence-corrected chi connectivity index (χ3v) is 4.89. The van der Waals surface area contributed by atoms with Crippen molar-refractivity contribution < 1.29 is 26.3 Å². The van der Waals surface area contributed by atoms with Crippen molar-refractivity contribution in [1.29, 1.82) is 0 Å². The summed E-state index contributed by atoms with van der Waals surface area (Å²) in [5.41, 5.74) is -0.289. The zero-order valence-electron chi connectivity index (χ0n) is 11.9. The standard InChI is InChI=1S/C13H8Cl3F3N2O3S/c14-7-1-2-9(24-6-13(17,18)19)8(5-7)21-25(22,23)10-3-4-11(15)20-12(10)16/h1-5,21H,6H2. The van der Waals surface area contributed by atoms with E-state index in [2.05, 4.69) is 14.4 Å². The van der Waals surface area contributed by atoms with Gasteiger partial charge in [-0.15, -0.1) is 0 Å². The molecule has 1 aromatic heterocycles. The lowest BCUT2D eigenvalue weighted by atomic mass is 10.3.